The zero-order valence-corrected chi connectivity index (χ0v) is 15.7. The summed E-state index contributed by atoms with van der Waals surface area (Å²) in [6.07, 6.45) is 1.64. The number of imidazole rings is 1. The number of carboxylic acids is 1. The quantitative estimate of drug-likeness (QED) is 0.798. The van der Waals surface area contributed by atoms with Crippen LogP contribution < -0.4 is 0 Å². The van der Waals surface area contributed by atoms with Crippen LogP contribution in [0.4, 0.5) is 8.78 Å². The van der Waals surface area contributed by atoms with Gasteiger partial charge in [0.05, 0.1) is 23.6 Å². The van der Waals surface area contributed by atoms with Crippen molar-refractivity contribution in [1.82, 2.24) is 19.4 Å². The van der Waals surface area contributed by atoms with Crippen molar-refractivity contribution in [3.63, 3.8) is 0 Å². The maximum absolute atomic E-state index is 13.7. The van der Waals surface area contributed by atoms with E-state index < -0.39 is 12.5 Å². The highest BCUT2D eigenvalue weighted by atomic mass is 19.3. The van der Waals surface area contributed by atoms with E-state index in [1.807, 2.05) is 18.7 Å². The second kappa shape index (κ2) is 8.31. The van der Waals surface area contributed by atoms with Crippen molar-refractivity contribution in [2.24, 2.45) is 0 Å². The van der Waals surface area contributed by atoms with Crippen LogP contribution in [0.3, 0.4) is 0 Å². The van der Waals surface area contributed by atoms with Gasteiger partial charge in [-0.15, -0.1) is 0 Å². The molecule has 27 heavy (non-hydrogen) atoms. The summed E-state index contributed by atoms with van der Waals surface area (Å²) in [6.45, 7) is 3.42. The lowest BCUT2D eigenvalue weighted by molar-refractivity contribution is -0.139. The normalized spacial score (nSPS) is 17.9. The highest BCUT2D eigenvalue weighted by molar-refractivity contribution is 5.76. The molecule has 2 aromatic rings. The van der Waals surface area contributed by atoms with Crippen molar-refractivity contribution < 1.29 is 18.7 Å². The summed E-state index contributed by atoms with van der Waals surface area (Å²) in [5.41, 5.74) is 1.02. The number of nitrogens with zero attached hydrogens (tertiary/aromatic N) is 4. The third-order valence-corrected chi connectivity index (χ3v) is 5.50. The van der Waals surface area contributed by atoms with Gasteiger partial charge in [0.25, 0.3) is 0 Å². The number of piperidine rings is 1. The van der Waals surface area contributed by atoms with Gasteiger partial charge in [-0.3, -0.25) is 19.2 Å². The lowest BCUT2D eigenvalue weighted by atomic mass is 10.0. The Labute approximate surface area is 157 Å². The van der Waals surface area contributed by atoms with Crippen LogP contribution in [0.15, 0.2) is 24.3 Å². The van der Waals surface area contributed by atoms with Gasteiger partial charge in [0.15, 0.2) is 0 Å². The fourth-order valence-electron chi connectivity index (χ4n) is 4.04. The molecule has 1 aromatic carbocycles. The van der Waals surface area contributed by atoms with Gasteiger partial charge in [-0.25, -0.2) is 4.98 Å². The Kier molecular flexibility index (Phi) is 6.06. The lowest BCUT2D eigenvalue weighted by Crippen LogP contribution is -2.47. The molecule has 6 nitrogen and oxygen atoms in total. The maximum Gasteiger partial charge on any atom is 0.320 e. The summed E-state index contributed by atoms with van der Waals surface area (Å²) >= 11 is 0. The molecule has 1 saturated heterocycles. The number of aliphatic carboxylic acids is 1. The molecule has 0 aliphatic carbocycles. The summed E-state index contributed by atoms with van der Waals surface area (Å²) < 4.78 is 28.4. The van der Waals surface area contributed by atoms with Crippen LogP contribution in [-0.4, -0.2) is 62.6 Å². The van der Waals surface area contributed by atoms with Crippen molar-refractivity contribution in [2.45, 2.75) is 45.3 Å². The van der Waals surface area contributed by atoms with Crippen LogP contribution >= 0.6 is 0 Å². The molecule has 1 unspecified atom stereocenters. The zero-order valence-electron chi connectivity index (χ0n) is 15.7. The third-order valence-electron chi connectivity index (χ3n) is 5.50. The number of aromatic nitrogens is 2. The number of rotatable bonds is 7. The SMILES string of the molecule is CCN(CC(=O)O)C1CCN(C(C)c2nc3ccccc3n2C(F)F)CC1. The van der Waals surface area contributed by atoms with E-state index in [0.29, 0.717) is 23.4 Å². The first-order valence-electron chi connectivity index (χ1n) is 9.37. The minimum absolute atomic E-state index is 0.0396. The summed E-state index contributed by atoms with van der Waals surface area (Å²) in [5, 5.41) is 9.05. The second-order valence-electron chi connectivity index (χ2n) is 7.01. The average molecular weight is 380 g/mol. The van der Waals surface area contributed by atoms with Crippen LogP contribution in [0.5, 0.6) is 0 Å². The number of para-hydroxylation sites is 2. The Balaban J connectivity index is 1.74. The molecule has 2 heterocycles. The van der Waals surface area contributed by atoms with E-state index in [9.17, 15) is 13.6 Å². The first kappa shape index (κ1) is 19.7. The monoisotopic (exact) mass is 380 g/mol. The van der Waals surface area contributed by atoms with E-state index in [1.165, 1.54) is 0 Å². The Bertz CT molecular complexity index is 787. The van der Waals surface area contributed by atoms with Crippen molar-refractivity contribution >= 4 is 17.0 Å². The highest BCUT2D eigenvalue weighted by Gasteiger charge is 2.30. The van der Waals surface area contributed by atoms with Crippen LogP contribution in [0.1, 0.15) is 45.1 Å². The van der Waals surface area contributed by atoms with Gasteiger partial charge >= 0.3 is 12.5 Å². The largest absolute Gasteiger partial charge is 0.480 e. The summed E-state index contributed by atoms with van der Waals surface area (Å²) in [5.74, 6) is -0.444. The second-order valence-corrected chi connectivity index (χ2v) is 7.01. The van der Waals surface area contributed by atoms with Crippen molar-refractivity contribution in [3.05, 3.63) is 30.1 Å². The van der Waals surface area contributed by atoms with Crippen molar-refractivity contribution in [3.8, 4) is 0 Å². The minimum atomic E-state index is -2.64. The number of carbonyl (C=O) groups is 1. The highest BCUT2D eigenvalue weighted by Crippen LogP contribution is 2.31. The van der Waals surface area contributed by atoms with E-state index in [1.54, 1.807) is 24.3 Å². The number of hydrogen-bond acceptors (Lipinski definition) is 4. The van der Waals surface area contributed by atoms with Gasteiger partial charge in [0, 0.05) is 19.1 Å². The number of halogens is 2. The summed E-state index contributed by atoms with van der Waals surface area (Å²) in [6, 6.07) is 6.94. The standard InChI is InChI=1S/C19H26F2N4O2/c1-3-23(12-17(26)27)14-8-10-24(11-9-14)13(2)18-22-15-6-4-5-7-16(15)25(18)19(20)21/h4-7,13-14,19H,3,8-12H2,1-2H3,(H,26,27). The van der Waals surface area contributed by atoms with Crippen LogP contribution in [0.2, 0.25) is 0 Å². The van der Waals surface area contributed by atoms with Gasteiger partial charge in [0.1, 0.15) is 5.82 Å². The molecule has 0 radical (unpaired) electrons. The van der Waals surface area contributed by atoms with Crippen LogP contribution in [-0.2, 0) is 4.79 Å². The first-order chi connectivity index (χ1) is 12.9. The third kappa shape index (κ3) is 4.11. The number of benzene rings is 1. The molecule has 1 aliphatic heterocycles. The molecule has 1 aromatic heterocycles. The number of alkyl halides is 2. The van der Waals surface area contributed by atoms with Crippen LogP contribution in [0.25, 0.3) is 11.0 Å². The molecular weight excluding hydrogens is 354 g/mol. The van der Waals surface area contributed by atoms with Crippen molar-refractivity contribution in [2.75, 3.05) is 26.2 Å². The molecule has 0 bridgehead atoms. The Morgan fingerprint density at radius 3 is 2.59 bits per heavy atom. The Morgan fingerprint density at radius 1 is 1.33 bits per heavy atom. The Hall–Kier alpha value is -2.06. The molecule has 0 amide bonds. The van der Waals surface area contributed by atoms with Gasteiger partial charge in [-0.2, -0.15) is 8.78 Å². The van der Waals surface area contributed by atoms with E-state index in [-0.39, 0.29) is 18.6 Å². The molecule has 8 heteroatoms. The molecule has 148 valence electrons. The van der Waals surface area contributed by atoms with E-state index >= 15 is 0 Å². The number of likely N-dealkylation sites (N-methyl/N-ethyl adjacent to an activating group) is 1. The molecular formula is C19H26F2N4O2. The Morgan fingerprint density at radius 2 is 2.00 bits per heavy atom. The van der Waals surface area contributed by atoms with Gasteiger partial charge in [0.2, 0.25) is 0 Å². The van der Waals surface area contributed by atoms with E-state index in [2.05, 4.69) is 9.88 Å². The number of carboxylic acid groups (broad SMARTS) is 1. The summed E-state index contributed by atoms with van der Waals surface area (Å²) in [4.78, 5) is 19.6. The topological polar surface area (TPSA) is 61.6 Å². The molecule has 1 fully saturated rings. The number of hydrogen-bond donors (Lipinski definition) is 1. The van der Waals surface area contributed by atoms with Gasteiger partial charge in [-0.1, -0.05) is 19.1 Å². The first-order valence-corrected chi connectivity index (χ1v) is 9.37. The van der Waals surface area contributed by atoms with Gasteiger partial charge in [-0.05, 0) is 38.4 Å². The molecule has 3 rings (SSSR count). The fourth-order valence-corrected chi connectivity index (χ4v) is 4.04. The smallest absolute Gasteiger partial charge is 0.320 e. The molecule has 0 saturated carbocycles. The predicted octanol–water partition coefficient (Wildman–Crippen LogP) is 3.36. The van der Waals surface area contributed by atoms with E-state index in [0.717, 1.165) is 30.5 Å². The molecule has 1 atom stereocenters. The fraction of sp³-hybridized carbons (Fsp3) is 0.579. The predicted molar refractivity (Wildman–Crippen MR) is 98.9 cm³/mol. The zero-order chi connectivity index (χ0) is 19.6. The molecule has 1 N–H and O–H groups in total. The maximum atomic E-state index is 13.7. The molecule has 0 spiro atoms. The molecule has 1 aliphatic rings. The number of likely N-dealkylation sites (tertiary alicyclic amines) is 1. The van der Waals surface area contributed by atoms with Crippen LogP contribution in [0, 0.1) is 0 Å². The average Bonchev–Trinajstić information content (AvgIpc) is 3.05. The van der Waals surface area contributed by atoms with Gasteiger partial charge < -0.3 is 5.11 Å². The number of fused-ring (bicyclic) bond motifs is 1. The lowest BCUT2D eigenvalue weighted by Gasteiger charge is -2.39. The minimum Gasteiger partial charge on any atom is -0.480 e. The summed E-state index contributed by atoms with van der Waals surface area (Å²) in [7, 11) is 0. The van der Waals surface area contributed by atoms with Crippen molar-refractivity contribution in [1.29, 1.82) is 0 Å². The van der Waals surface area contributed by atoms with E-state index in [4.69, 9.17) is 5.11 Å².